The Kier molecular flexibility index (Phi) is 4.48. The molecule has 22 heavy (non-hydrogen) atoms. The quantitative estimate of drug-likeness (QED) is 0.390. The molecule has 0 saturated carbocycles. The van der Waals surface area contributed by atoms with Crippen LogP contribution in [0.25, 0.3) is 0 Å². The molecule has 6 nitrogen and oxygen atoms in total. The van der Waals surface area contributed by atoms with Gasteiger partial charge < -0.3 is 0 Å². The fraction of sp³-hybridized carbons (Fsp3) is 0.400. The Morgan fingerprint density at radius 1 is 1.18 bits per heavy atom. The van der Waals surface area contributed by atoms with Gasteiger partial charge in [0.1, 0.15) is 0 Å². The molecule has 0 spiro atoms. The average molecular weight is 321 g/mol. The second-order valence-electron chi connectivity index (χ2n) is 6.57. The highest BCUT2D eigenvalue weighted by molar-refractivity contribution is 6.76. The Bertz CT molecular complexity index is 635. The lowest BCUT2D eigenvalue weighted by Gasteiger charge is -2.18. The van der Waals surface area contributed by atoms with Gasteiger partial charge in [0, 0.05) is 14.6 Å². The maximum Gasteiger partial charge on any atom is 0.372 e. The van der Waals surface area contributed by atoms with E-state index in [-0.39, 0.29) is 22.6 Å². The first-order chi connectivity index (χ1) is 10.2. The SMILES string of the molecule is C[Si](C)(C)CCCN1C(=O)c2ccc(C(=O)OO)cc2C1=O. The van der Waals surface area contributed by atoms with E-state index in [1.54, 1.807) is 0 Å². The third-order valence-corrected chi connectivity index (χ3v) is 5.45. The number of hydrogen-bond acceptors (Lipinski definition) is 5. The molecule has 0 unspecified atom stereocenters. The molecule has 0 saturated heterocycles. The normalized spacial score (nSPS) is 14.3. The maximum absolute atomic E-state index is 12.3. The second-order valence-corrected chi connectivity index (χ2v) is 12.2. The molecule has 1 heterocycles. The first-order valence-electron chi connectivity index (χ1n) is 7.10. The number of carbonyl (C=O) groups is 3. The Morgan fingerprint density at radius 2 is 1.82 bits per heavy atom. The summed E-state index contributed by atoms with van der Waals surface area (Å²) in [6.07, 6.45) is 0.784. The zero-order valence-electron chi connectivity index (χ0n) is 12.9. The van der Waals surface area contributed by atoms with Crippen molar-refractivity contribution in [1.29, 1.82) is 0 Å². The lowest BCUT2D eigenvalue weighted by atomic mass is 10.1. The van der Waals surface area contributed by atoms with Gasteiger partial charge in [0.05, 0.1) is 16.7 Å². The number of benzene rings is 1. The van der Waals surface area contributed by atoms with Crippen LogP contribution in [0, 0.1) is 0 Å². The minimum Gasteiger partial charge on any atom is -0.296 e. The molecule has 118 valence electrons. The number of amides is 2. The molecule has 0 radical (unpaired) electrons. The van der Waals surface area contributed by atoms with Gasteiger partial charge in [-0.15, -0.1) is 0 Å². The molecule has 1 N–H and O–H groups in total. The highest BCUT2D eigenvalue weighted by Crippen LogP contribution is 2.25. The van der Waals surface area contributed by atoms with Crippen LogP contribution in [0.15, 0.2) is 18.2 Å². The molecular formula is C15H19NO5Si. The predicted octanol–water partition coefficient (Wildman–Crippen LogP) is 2.64. The summed E-state index contributed by atoms with van der Waals surface area (Å²) in [6.45, 7) is 7.10. The van der Waals surface area contributed by atoms with Crippen LogP contribution in [-0.4, -0.2) is 42.6 Å². The van der Waals surface area contributed by atoms with E-state index in [1.807, 2.05) is 0 Å². The van der Waals surface area contributed by atoms with Crippen LogP contribution in [0.2, 0.25) is 25.7 Å². The fourth-order valence-corrected chi connectivity index (χ4v) is 3.66. The molecular weight excluding hydrogens is 302 g/mol. The van der Waals surface area contributed by atoms with Crippen molar-refractivity contribution in [2.75, 3.05) is 6.54 Å². The average Bonchev–Trinajstić information content (AvgIpc) is 2.69. The van der Waals surface area contributed by atoms with Gasteiger partial charge in [-0.05, 0) is 24.6 Å². The van der Waals surface area contributed by atoms with Gasteiger partial charge >= 0.3 is 5.97 Å². The van der Waals surface area contributed by atoms with Crippen LogP contribution >= 0.6 is 0 Å². The van der Waals surface area contributed by atoms with Crippen LogP contribution in [0.4, 0.5) is 0 Å². The second kappa shape index (κ2) is 6.02. The van der Waals surface area contributed by atoms with E-state index in [0.29, 0.717) is 6.54 Å². The van der Waals surface area contributed by atoms with E-state index in [1.165, 1.54) is 23.1 Å². The van der Waals surface area contributed by atoms with Crippen LogP contribution in [0.5, 0.6) is 0 Å². The standard InChI is InChI=1S/C15H19NO5Si/c1-22(2,3)8-4-7-16-13(17)11-6-5-10(15(19)21-20)9-12(11)14(16)18/h5-6,9,20H,4,7-8H2,1-3H3. The number of imide groups is 1. The number of hydrogen-bond donors (Lipinski definition) is 1. The number of nitrogens with zero attached hydrogens (tertiary/aromatic N) is 1. The summed E-state index contributed by atoms with van der Waals surface area (Å²) in [4.78, 5) is 40.7. The highest BCUT2D eigenvalue weighted by Gasteiger charge is 2.36. The Labute approximate surface area is 129 Å². The minimum atomic E-state index is -1.22. The maximum atomic E-state index is 12.3. The summed E-state index contributed by atoms with van der Waals surface area (Å²) in [5, 5.41) is 8.39. The molecule has 0 aliphatic carbocycles. The Hall–Kier alpha value is -1.99. The molecule has 0 fully saturated rings. The zero-order chi connectivity index (χ0) is 16.5. The molecule has 1 aliphatic heterocycles. The molecule has 1 aromatic carbocycles. The first kappa shape index (κ1) is 16.4. The molecule has 1 aromatic rings. The van der Waals surface area contributed by atoms with Crippen LogP contribution in [0.3, 0.4) is 0 Å². The largest absolute Gasteiger partial charge is 0.372 e. The molecule has 0 bridgehead atoms. The van der Waals surface area contributed by atoms with Gasteiger partial charge in [0.15, 0.2) is 0 Å². The van der Waals surface area contributed by atoms with Crippen molar-refractivity contribution in [3.8, 4) is 0 Å². The summed E-state index contributed by atoms with van der Waals surface area (Å²) >= 11 is 0. The summed E-state index contributed by atoms with van der Waals surface area (Å²) in [6, 6.07) is 5.09. The first-order valence-corrected chi connectivity index (χ1v) is 10.8. The summed E-state index contributed by atoms with van der Waals surface area (Å²) in [5.41, 5.74) is 0.500. The lowest BCUT2D eigenvalue weighted by Crippen LogP contribution is -2.32. The van der Waals surface area contributed by atoms with Gasteiger partial charge in [0.2, 0.25) is 0 Å². The van der Waals surface area contributed by atoms with Gasteiger partial charge in [0.25, 0.3) is 11.8 Å². The van der Waals surface area contributed by atoms with Crippen LogP contribution in [0.1, 0.15) is 37.5 Å². The third kappa shape index (κ3) is 3.25. The number of fused-ring (bicyclic) bond motifs is 1. The van der Waals surface area contributed by atoms with Crippen molar-refractivity contribution in [2.24, 2.45) is 0 Å². The molecule has 1 aliphatic rings. The molecule has 7 heteroatoms. The van der Waals surface area contributed by atoms with Gasteiger partial charge in [-0.2, -0.15) is 5.26 Å². The monoisotopic (exact) mass is 321 g/mol. The summed E-state index contributed by atoms with van der Waals surface area (Å²) < 4.78 is 0. The fourth-order valence-electron chi connectivity index (χ4n) is 2.44. The highest BCUT2D eigenvalue weighted by atomic mass is 28.3. The number of carbonyl (C=O) groups excluding carboxylic acids is 3. The summed E-state index contributed by atoms with van der Waals surface area (Å²) in [7, 11) is -1.22. The van der Waals surface area contributed by atoms with E-state index >= 15 is 0 Å². The van der Waals surface area contributed by atoms with Gasteiger partial charge in [-0.1, -0.05) is 25.7 Å². The van der Waals surface area contributed by atoms with Crippen molar-refractivity contribution in [1.82, 2.24) is 4.90 Å². The van der Waals surface area contributed by atoms with Crippen molar-refractivity contribution in [3.63, 3.8) is 0 Å². The Balaban J connectivity index is 2.17. The molecule has 2 amide bonds. The van der Waals surface area contributed by atoms with Crippen molar-refractivity contribution >= 4 is 25.9 Å². The van der Waals surface area contributed by atoms with Crippen molar-refractivity contribution in [2.45, 2.75) is 32.1 Å². The number of rotatable bonds is 5. The van der Waals surface area contributed by atoms with E-state index in [4.69, 9.17) is 5.26 Å². The molecule has 0 aromatic heterocycles. The van der Waals surface area contributed by atoms with E-state index in [0.717, 1.165) is 12.5 Å². The molecule has 0 atom stereocenters. The third-order valence-electron chi connectivity index (χ3n) is 3.60. The van der Waals surface area contributed by atoms with Crippen molar-refractivity contribution < 1.29 is 24.5 Å². The topological polar surface area (TPSA) is 83.9 Å². The predicted molar refractivity (Wildman–Crippen MR) is 82.6 cm³/mol. The smallest absolute Gasteiger partial charge is 0.296 e. The van der Waals surface area contributed by atoms with Crippen LogP contribution in [-0.2, 0) is 4.89 Å². The van der Waals surface area contributed by atoms with Gasteiger partial charge in [-0.3, -0.25) is 19.4 Å². The zero-order valence-corrected chi connectivity index (χ0v) is 13.9. The Morgan fingerprint density at radius 3 is 2.41 bits per heavy atom. The molecule has 2 rings (SSSR count). The van der Waals surface area contributed by atoms with E-state index in [2.05, 4.69) is 24.5 Å². The minimum absolute atomic E-state index is 0.0337. The lowest BCUT2D eigenvalue weighted by molar-refractivity contribution is -0.182. The van der Waals surface area contributed by atoms with Crippen molar-refractivity contribution in [3.05, 3.63) is 34.9 Å². The van der Waals surface area contributed by atoms with E-state index in [9.17, 15) is 14.4 Å². The summed E-state index contributed by atoms with van der Waals surface area (Å²) in [5.74, 6) is -1.69. The van der Waals surface area contributed by atoms with E-state index < -0.39 is 20.0 Å². The van der Waals surface area contributed by atoms with Crippen LogP contribution < -0.4 is 0 Å². The van der Waals surface area contributed by atoms with Gasteiger partial charge in [-0.25, -0.2) is 4.79 Å².